The largest absolute Gasteiger partial charge is 0.477 e. The van der Waals surface area contributed by atoms with Crippen LogP contribution in [0.3, 0.4) is 0 Å². The lowest BCUT2D eigenvalue weighted by Gasteiger charge is -2.25. The van der Waals surface area contributed by atoms with Gasteiger partial charge >= 0.3 is 5.97 Å². The van der Waals surface area contributed by atoms with Gasteiger partial charge in [0.15, 0.2) is 15.6 Å². The molecule has 9 heteroatoms. The third-order valence-electron chi connectivity index (χ3n) is 6.59. The predicted octanol–water partition coefficient (Wildman–Crippen LogP) is 5.15. The Morgan fingerprint density at radius 3 is 2.29 bits per heavy atom. The summed E-state index contributed by atoms with van der Waals surface area (Å²) >= 11 is 0. The SMILES string of the molecule is Cc1cc(C(C)C)c(CC(=O)CS(=O)(=O)c2cnn3c2OCC(CCC(=O)OC(C)(C)C)C3)c(C(C)C)c1. The Hall–Kier alpha value is -2.68. The van der Waals surface area contributed by atoms with Gasteiger partial charge in [0, 0.05) is 18.8 Å². The van der Waals surface area contributed by atoms with Crippen molar-refractivity contribution in [3.8, 4) is 5.88 Å². The van der Waals surface area contributed by atoms with E-state index in [4.69, 9.17) is 9.47 Å². The van der Waals surface area contributed by atoms with Crippen molar-refractivity contribution < 1.29 is 27.5 Å². The molecule has 0 N–H and O–H groups in total. The standard InChI is InChI=1S/C29H42N2O6S/c1-18(2)23-11-20(5)12-24(19(3)4)25(23)13-22(32)17-38(34,35)26-14-30-31-15-21(16-36-28(26)31)9-10-27(33)37-29(6,7)8/h11-12,14,18-19,21H,9-10,13,15-17H2,1-8H3. The first-order chi connectivity index (χ1) is 17.6. The minimum absolute atomic E-state index is 0.00227. The topological polar surface area (TPSA) is 105 Å². The molecule has 0 saturated carbocycles. The maximum Gasteiger partial charge on any atom is 0.306 e. The summed E-state index contributed by atoms with van der Waals surface area (Å²) in [7, 11) is -3.95. The van der Waals surface area contributed by atoms with Crippen molar-refractivity contribution in [2.75, 3.05) is 12.4 Å². The monoisotopic (exact) mass is 546 g/mol. The zero-order valence-electron chi connectivity index (χ0n) is 24.0. The average Bonchev–Trinajstić information content (AvgIpc) is 3.21. The number of ether oxygens (including phenoxy) is 2. The molecule has 0 aliphatic carbocycles. The van der Waals surface area contributed by atoms with Crippen LogP contribution in [0.4, 0.5) is 0 Å². The molecule has 8 nitrogen and oxygen atoms in total. The van der Waals surface area contributed by atoms with E-state index in [0.717, 1.165) is 22.3 Å². The number of carbonyl (C=O) groups is 2. The molecule has 0 saturated heterocycles. The molecule has 38 heavy (non-hydrogen) atoms. The molecule has 210 valence electrons. The minimum Gasteiger partial charge on any atom is -0.477 e. The Kier molecular flexibility index (Phi) is 9.12. The van der Waals surface area contributed by atoms with Gasteiger partial charge in [0.25, 0.3) is 0 Å². The molecular weight excluding hydrogens is 504 g/mol. The number of aromatic nitrogens is 2. The van der Waals surface area contributed by atoms with E-state index in [0.29, 0.717) is 13.0 Å². The molecule has 1 aliphatic heterocycles. The zero-order valence-corrected chi connectivity index (χ0v) is 24.8. The summed E-state index contributed by atoms with van der Waals surface area (Å²) in [4.78, 5) is 25.1. The minimum atomic E-state index is -3.95. The number of fused-ring (bicyclic) bond motifs is 1. The first-order valence-electron chi connectivity index (χ1n) is 13.4. The van der Waals surface area contributed by atoms with Crippen molar-refractivity contribution in [2.24, 2.45) is 5.92 Å². The molecule has 0 spiro atoms. The Morgan fingerprint density at radius 1 is 1.13 bits per heavy atom. The van der Waals surface area contributed by atoms with Gasteiger partial charge in [0.05, 0.1) is 19.3 Å². The fraction of sp³-hybridized carbons (Fsp3) is 0.621. The average molecular weight is 547 g/mol. The molecular formula is C29H42N2O6S. The van der Waals surface area contributed by atoms with Crippen LogP contribution in [-0.4, -0.2) is 47.9 Å². The van der Waals surface area contributed by atoms with E-state index in [-0.39, 0.29) is 59.7 Å². The third kappa shape index (κ3) is 7.46. The Balaban J connectivity index is 1.71. The van der Waals surface area contributed by atoms with Crippen molar-refractivity contribution in [2.45, 2.75) is 104 Å². The summed E-state index contributed by atoms with van der Waals surface area (Å²) in [6.07, 6.45) is 2.12. The van der Waals surface area contributed by atoms with Crippen LogP contribution in [0.25, 0.3) is 0 Å². The Morgan fingerprint density at radius 2 is 1.74 bits per heavy atom. The number of carbonyl (C=O) groups excluding carboxylic acids is 2. The summed E-state index contributed by atoms with van der Waals surface area (Å²) in [6, 6.07) is 4.18. The van der Waals surface area contributed by atoms with Gasteiger partial charge in [-0.05, 0) is 62.6 Å². The fourth-order valence-electron chi connectivity index (χ4n) is 4.87. The van der Waals surface area contributed by atoms with Gasteiger partial charge in [-0.25, -0.2) is 13.1 Å². The van der Waals surface area contributed by atoms with E-state index in [1.165, 1.54) is 10.9 Å². The second-order valence-corrected chi connectivity index (χ2v) is 14.0. The molecule has 3 rings (SSSR count). The van der Waals surface area contributed by atoms with Gasteiger partial charge in [-0.3, -0.25) is 9.59 Å². The smallest absolute Gasteiger partial charge is 0.306 e. The lowest BCUT2D eigenvalue weighted by atomic mass is 9.85. The van der Waals surface area contributed by atoms with Crippen LogP contribution >= 0.6 is 0 Å². The second kappa shape index (κ2) is 11.6. The number of esters is 1. The molecule has 1 aromatic carbocycles. The quantitative estimate of drug-likeness (QED) is 0.379. The summed E-state index contributed by atoms with van der Waals surface area (Å²) in [5, 5.41) is 4.22. The van der Waals surface area contributed by atoms with Crippen LogP contribution in [0.2, 0.25) is 0 Å². The summed E-state index contributed by atoms with van der Waals surface area (Å²) in [5.74, 6) is -0.661. The van der Waals surface area contributed by atoms with Crippen molar-refractivity contribution in [3.63, 3.8) is 0 Å². The lowest BCUT2D eigenvalue weighted by molar-refractivity contribution is -0.155. The van der Waals surface area contributed by atoms with E-state index in [1.807, 2.05) is 27.7 Å². The number of ketones is 1. The maximum atomic E-state index is 13.3. The first kappa shape index (κ1) is 29.9. The number of nitrogens with zero attached hydrogens (tertiary/aromatic N) is 2. The summed E-state index contributed by atoms with van der Waals surface area (Å²) in [5.41, 5.74) is 3.70. The van der Waals surface area contributed by atoms with E-state index < -0.39 is 21.2 Å². The highest BCUT2D eigenvalue weighted by molar-refractivity contribution is 7.92. The van der Waals surface area contributed by atoms with Crippen LogP contribution < -0.4 is 4.74 Å². The number of rotatable bonds is 10. The highest BCUT2D eigenvalue weighted by atomic mass is 32.2. The molecule has 0 radical (unpaired) electrons. The van der Waals surface area contributed by atoms with Crippen molar-refractivity contribution in [1.29, 1.82) is 0 Å². The molecule has 1 aromatic heterocycles. The fourth-order valence-corrected chi connectivity index (χ4v) is 6.19. The number of hydrogen-bond donors (Lipinski definition) is 0. The summed E-state index contributed by atoms with van der Waals surface area (Å²) in [6.45, 7) is 16.5. The normalized spacial score (nSPS) is 15.9. The molecule has 1 aliphatic rings. The van der Waals surface area contributed by atoms with Crippen molar-refractivity contribution in [1.82, 2.24) is 9.78 Å². The number of Topliss-reactive ketones (excluding diaryl/α,β-unsaturated/α-hetero) is 1. The van der Waals surface area contributed by atoms with Crippen LogP contribution in [0.5, 0.6) is 5.88 Å². The third-order valence-corrected chi connectivity index (χ3v) is 8.24. The van der Waals surface area contributed by atoms with Gasteiger partial charge in [-0.2, -0.15) is 5.10 Å². The molecule has 0 fully saturated rings. The predicted molar refractivity (Wildman–Crippen MR) is 146 cm³/mol. The highest BCUT2D eigenvalue weighted by Gasteiger charge is 2.32. The summed E-state index contributed by atoms with van der Waals surface area (Å²) < 4.78 is 39.2. The van der Waals surface area contributed by atoms with Crippen molar-refractivity contribution in [3.05, 3.63) is 40.6 Å². The number of aryl methyl sites for hydroxylation is 1. The molecule has 0 bridgehead atoms. The number of benzene rings is 1. The molecule has 2 heterocycles. The van der Waals surface area contributed by atoms with Crippen LogP contribution in [0.15, 0.2) is 23.2 Å². The second-order valence-electron chi connectivity index (χ2n) is 12.0. The van der Waals surface area contributed by atoms with Crippen LogP contribution in [0, 0.1) is 12.8 Å². The van der Waals surface area contributed by atoms with Crippen LogP contribution in [0.1, 0.15) is 95.4 Å². The van der Waals surface area contributed by atoms with E-state index in [1.54, 1.807) is 0 Å². The van der Waals surface area contributed by atoms with E-state index in [2.05, 4.69) is 44.9 Å². The van der Waals surface area contributed by atoms with Gasteiger partial charge in [-0.15, -0.1) is 0 Å². The van der Waals surface area contributed by atoms with Gasteiger partial charge in [0.1, 0.15) is 16.2 Å². The lowest BCUT2D eigenvalue weighted by Crippen LogP contribution is -2.29. The van der Waals surface area contributed by atoms with E-state index >= 15 is 0 Å². The Labute approximate surface area is 227 Å². The zero-order chi connectivity index (χ0) is 28.4. The highest BCUT2D eigenvalue weighted by Crippen LogP contribution is 2.32. The molecule has 0 amide bonds. The Bertz CT molecular complexity index is 1260. The maximum absolute atomic E-state index is 13.3. The van der Waals surface area contributed by atoms with Crippen LogP contribution in [-0.2, 0) is 37.1 Å². The number of sulfone groups is 1. The molecule has 1 unspecified atom stereocenters. The number of hydrogen-bond acceptors (Lipinski definition) is 7. The molecule has 1 atom stereocenters. The first-order valence-corrected chi connectivity index (χ1v) is 15.0. The molecule has 2 aromatic rings. The van der Waals surface area contributed by atoms with Crippen molar-refractivity contribution >= 4 is 21.6 Å². The van der Waals surface area contributed by atoms with Gasteiger partial charge in [-0.1, -0.05) is 45.4 Å². The van der Waals surface area contributed by atoms with E-state index in [9.17, 15) is 18.0 Å². The van der Waals surface area contributed by atoms with Gasteiger partial charge < -0.3 is 9.47 Å². The van der Waals surface area contributed by atoms with Gasteiger partial charge in [0.2, 0.25) is 5.88 Å².